The molecule has 0 atom stereocenters. The van der Waals surface area contributed by atoms with Gasteiger partial charge in [0, 0.05) is 55.0 Å². The molecule has 0 spiro atoms. The maximum absolute atomic E-state index is 13.7. The second-order valence-corrected chi connectivity index (χ2v) is 9.46. The molecule has 0 radical (unpaired) electrons. The fraction of sp³-hybridized carbons (Fsp3) is 0.615. The van der Waals surface area contributed by atoms with Gasteiger partial charge in [0.1, 0.15) is 0 Å². The van der Waals surface area contributed by atoms with E-state index in [1.54, 1.807) is 24.9 Å². The summed E-state index contributed by atoms with van der Waals surface area (Å²) in [4.78, 5) is 32.5. The zero-order valence-corrected chi connectivity index (χ0v) is 22.2. The van der Waals surface area contributed by atoms with E-state index in [1.165, 1.54) is 7.11 Å². The lowest BCUT2D eigenvalue weighted by molar-refractivity contribution is -0.128. The molecule has 2 aromatic heterocycles. The van der Waals surface area contributed by atoms with Crippen molar-refractivity contribution >= 4 is 23.5 Å². The van der Waals surface area contributed by atoms with Crippen LogP contribution in [-0.2, 0) is 28.9 Å². The highest BCUT2D eigenvalue weighted by Gasteiger charge is 2.40. The molecule has 37 heavy (non-hydrogen) atoms. The molecular formula is C26H36F2N6O3. The zero-order valence-electron chi connectivity index (χ0n) is 22.2. The first-order valence-electron chi connectivity index (χ1n) is 13.0. The number of carbonyl (C=O) groups is 2. The van der Waals surface area contributed by atoms with Gasteiger partial charge >= 0.3 is 6.09 Å². The van der Waals surface area contributed by atoms with Gasteiger partial charge in [-0.2, -0.15) is 5.10 Å². The minimum absolute atomic E-state index is 0.0327. The second kappa shape index (κ2) is 11.0. The van der Waals surface area contributed by atoms with E-state index in [1.807, 2.05) is 23.4 Å². The predicted octanol–water partition coefficient (Wildman–Crippen LogP) is 4.46. The highest BCUT2D eigenvalue weighted by molar-refractivity contribution is 5.79. The molecule has 0 bridgehead atoms. The number of aryl methyl sites for hydroxylation is 2. The van der Waals surface area contributed by atoms with Crippen molar-refractivity contribution in [1.82, 2.24) is 25.0 Å². The number of rotatable bonds is 4. The van der Waals surface area contributed by atoms with Crippen molar-refractivity contribution in [3.63, 3.8) is 0 Å². The van der Waals surface area contributed by atoms with Crippen molar-refractivity contribution in [3.8, 4) is 0 Å². The molecule has 1 aliphatic carbocycles. The number of ether oxygens (including phenoxy) is 1. The summed E-state index contributed by atoms with van der Waals surface area (Å²) in [6, 6.07) is 1.63. The van der Waals surface area contributed by atoms with Crippen molar-refractivity contribution in [2.75, 3.05) is 32.1 Å². The maximum Gasteiger partial charge on any atom is 0.409 e. The van der Waals surface area contributed by atoms with Gasteiger partial charge in [0.05, 0.1) is 31.1 Å². The third kappa shape index (κ3) is 4.87. The number of halogens is 2. The first-order valence-corrected chi connectivity index (χ1v) is 13.0. The van der Waals surface area contributed by atoms with Crippen LogP contribution in [0.3, 0.4) is 0 Å². The van der Waals surface area contributed by atoms with E-state index < -0.39 is 12.5 Å². The zero-order chi connectivity index (χ0) is 26.9. The summed E-state index contributed by atoms with van der Waals surface area (Å²) >= 11 is 0. The Morgan fingerprint density at radius 3 is 2.57 bits per heavy atom. The van der Waals surface area contributed by atoms with E-state index in [0.717, 1.165) is 23.4 Å². The lowest BCUT2D eigenvalue weighted by atomic mass is 9.79. The van der Waals surface area contributed by atoms with Crippen LogP contribution in [0.1, 0.15) is 73.8 Å². The second-order valence-electron chi connectivity index (χ2n) is 9.46. The van der Waals surface area contributed by atoms with E-state index in [4.69, 9.17) is 9.84 Å². The summed E-state index contributed by atoms with van der Waals surface area (Å²) in [7, 11) is 3.00. The minimum atomic E-state index is -2.62. The fourth-order valence-corrected chi connectivity index (χ4v) is 5.48. The average Bonchev–Trinajstić information content (AvgIpc) is 3.25. The molecule has 2 aliphatic heterocycles. The number of methoxy groups -OCH3 is 1. The van der Waals surface area contributed by atoms with E-state index in [-0.39, 0.29) is 23.4 Å². The van der Waals surface area contributed by atoms with Gasteiger partial charge in [0.2, 0.25) is 5.91 Å². The summed E-state index contributed by atoms with van der Waals surface area (Å²) in [5.74, 6) is 0.661. The molecule has 11 heteroatoms. The van der Waals surface area contributed by atoms with Crippen LogP contribution in [0.15, 0.2) is 6.07 Å². The normalized spacial score (nSPS) is 20.3. The van der Waals surface area contributed by atoms with Crippen LogP contribution < -0.4 is 10.2 Å². The number of amides is 2. The molecule has 202 valence electrons. The Morgan fingerprint density at radius 1 is 1.19 bits per heavy atom. The van der Waals surface area contributed by atoms with Gasteiger partial charge < -0.3 is 19.9 Å². The van der Waals surface area contributed by atoms with Crippen molar-refractivity contribution in [1.29, 1.82) is 0 Å². The van der Waals surface area contributed by atoms with Crippen LogP contribution in [-0.4, -0.2) is 58.9 Å². The lowest BCUT2D eigenvalue weighted by Gasteiger charge is -2.36. The quantitative estimate of drug-likeness (QED) is 0.643. The maximum atomic E-state index is 13.7. The summed E-state index contributed by atoms with van der Waals surface area (Å²) in [5, 5.41) is 7.70. The number of fused-ring (bicyclic) bond motifs is 2. The molecule has 4 heterocycles. The molecule has 3 aliphatic rings. The number of anilines is 2. The Labute approximate surface area is 216 Å². The number of nitrogens with zero attached hydrogens (tertiary/aromatic N) is 5. The molecule has 9 nitrogen and oxygen atoms in total. The van der Waals surface area contributed by atoms with Gasteiger partial charge in [-0.1, -0.05) is 13.8 Å². The SMILES string of the molecule is CC.CNC(=O)C1CC(n2nc(N3CCCc4nc(C)c(C(F)F)cc43)c3c2CCN(C(=O)OC)C3)C1. The van der Waals surface area contributed by atoms with Crippen LogP contribution in [0.2, 0.25) is 0 Å². The monoisotopic (exact) mass is 518 g/mol. The van der Waals surface area contributed by atoms with Gasteiger partial charge in [-0.3, -0.25) is 14.5 Å². The molecule has 1 fully saturated rings. The van der Waals surface area contributed by atoms with Crippen molar-refractivity contribution in [3.05, 3.63) is 34.3 Å². The number of nitrogens with one attached hydrogen (secondary N) is 1. The van der Waals surface area contributed by atoms with Gasteiger partial charge in [0.25, 0.3) is 6.43 Å². The summed E-state index contributed by atoms with van der Waals surface area (Å²) in [6.07, 6.45) is 0.500. The summed E-state index contributed by atoms with van der Waals surface area (Å²) in [5.41, 5.74) is 3.63. The fourth-order valence-electron chi connectivity index (χ4n) is 5.48. The third-order valence-corrected chi connectivity index (χ3v) is 7.46. The smallest absolute Gasteiger partial charge is 0.409 e. The van der Waals surface area contributed by atoms with E-state index in [0.29, 0.717) is 62.5 Å². The predicted molar refractivity (Wildman–Crippen MR) is 135 cm³/mol. The van der Waals surface area contributed by atoms with Crippen LogP contribution in [0.5, 0.6) is 0 Å². The van der Waals surface area contributed by atoms with Gasteiger partial charge in [-0.25, -0.2) is 13.6 Å². The van der Waals surface area contributed by atoms with Crippen LogP contribution in [0.25, 0.3) is 0 Å². The van der Waals surface area contributed by atoms with Crippen molar-refractivity contribution in [2.45, 2.75) is 71.9 Å². The average molecular weight is 519 g/mol. The van der Waals surface area contributed by atoms with Crippen molar-refractivity contribution in [2.24, 2.45) is 5.92 Å². The van der Waals surface area contributed by atoms with Gasteiger partial charge in [-0.15, -0.1) is 0 Å². The van der Waals surface area contributed by atoms with Crippen LogP contribution in [0, 0.1) is 12.8 Å². The molecule has 2 amide bonds. The standard InChI is InChI=1S/C24H30F2N6O3.C2H6/c1-13-16(21(25)26)11-20-18(28-13)5-4-7-31(20)22-17-12-30(24(34)35-3)8-6-19(17)32(29-22)15-9-14(10-15)23(33)27-2;1-2/h11,14-15,21H,4-10,12H2,1-3H3,(H,27,33);1-2H3. The highest BCUT2D eigenvalue weighted by atomic mass is 19.3. The van der Waals surface area contributed by atoms with Crippen molar-refractivity contribution < 1.29 is 23.1 Å². The number of carbonyl (C=O) groups excluding carboxylic acids is 2. The number of aromatic nitrogens is 3. The lowest BCUT2D eigenvalue weighted by Crippen LogP contribution is -2.40. The first kappa shape index (κ1) is 26.8. The topological polar surface area (TPSA) is 92.6 Å². The van der Waals surface area contributed by atoms with Gasteiger partial charge in [-0.05, 0) is 38.7 Å². The molecule has 2 aromatic rings. The Balaban J connectivity index is 0.00000156. The molecular weight excluding hydrogens is 482 g/mol. The third-order valence-electron chi connectivity index (χ3n) is 7.46. The molecule has 0 saturated heterocycles. The molecule has 1 saturated carbocycles. The number of hydrogen-bond acceptors (Lipinski definition) is 6. The molecule has 5 rings (SSSR count). The Kier molecular flexibility index (Phi) is 7.99. The largest absolute Gasteiger partial charge is 0.453 e. The molecule has 0 unspecified atom stereocenters. The summed E-state index contributed by atoms with van der Waals surface area (Å²) in [6.45, 7) is 7.07. The number of pyridine rings is 1. The summed E-state index contributed by atoms with van der Waals surface area (Å²) < 4.78 is 34.4. The Bertz CT molecular complexity index is 1160. The van der Waals surface area contributed by atoms with Crippen LogP contribution >= 0.6 is 0 Å². The van der Waals surface area contributed by atoms with E-state index in [2.05, 4.69) is 10.3 Å². The molecule has 0 aromatic carbocycles. The Morgan fingerprint density at radius 2 is 1.92 bits per heavy atom. The van der Waals surface area contributed by atoms with Gasteiger partial charge in [0.15, 0.2) is 5.82 Å². The first-order chi connectivity index (χ1) is 17.8. The van der Waals surface area contributed by atoms with E-state index in [9.17, 15) is 18.4 Å². The number of alkyl halides is 2. The number of hydrogen-bond donors (Lipinski definition) is 1. The minimum Gasteiger partial charge on any atom is -0.453 e. The Hall–Kier alpha value is -3.24. The highest BCUT2D eigenvalue weighted by Crippen LogP contribution is 2.44. The molecule has 1 N–H and O–H groups in total. The van der Waals surface area contributed by atoms with Crippen LogP contribution in [0.4, 0.5) is 25.1 Å². The van der Waals surface area contributed by atoms with E-state index >= 15 is 0 Å².